The maximum absolute atomic E-state index is 5.71. The number of anilines is 2. The van der Waals surface area contributed by atoms with Crippen molar-refractivity contribution in [1.29, 1.82) is 0 Å². The Hall–Kier alpha value is -2.11. The minimum absolute atomic E-state index is 0.601. The van der Waals surface area contributed by atoms with E-state index in [-0.39, 0.29) is 0 Å². The summed E-state index contributed by atoms with van der Waals surface area (Å²) in [4.78, 5) is 7.35. The first-order valence-corrected chi connectivity index (χ1v) is 9.90. The molecule has 2 aromatic carbocycles. The van der Waals surface area contributed by atoms with Crippen LogP contribution in [0.25, 0.3) is 10.9 Å². The number of pyridine rings is 1. The summed E-state index contributed by atoms with van der Waals surface area (Å²) in [7, 11) is 0. The summed E-state index contributed by atoms with van der Waals surface area (Å²) in [6, 6.07) is 17.1. The number of aryl methyl sites for hydroxylation is 1. The monoisotopic (exact) mass is 410 g/mol. The Morgan fingerprint density at radius 2 is 1.96 bits per heavy atom. The van der Waals surface area contributed by atoms with Gasteiger partial charge in [-0.3, -0.25) is 0 Å². The number of rotatable bonds is 4. The second kappa shape index (κ2) is 7.64. The molecule has 0 atom stereocenters. The molecule has 1 aliphatic rings. The summed E-state index contributed by atoms with van der Waals surface area (Å²) < 4.78 is 1.05. The van der Waals surface area contributed by atoms with Crippen LogP contribution in [-0.4, -0.2) is 24.6 Å². The zero-order valence-electron chi connectivity index (χ0n) is 14.7. The third-order valence-electron chi connectivity index (χ3n) is 4.89. The van der Waals surface area contributed by atoms with Crippen LogP contribution in [0.4, 0.5) is 11.5 Å². The van der Waals surface area contributed by atoms with Gasteiger partial charge in [0.15, 0.2) is 0 Å². The number of aromatic nitrogens is 1. The number of hydrogen-bond acceptors (Lipinski definition) is 4. The van der Waals surface area contributed by atoms with Gasteiger partial charge >= 0.3 is 0 Å². The summed E-state index contributed by atoms with van der Waals surface area (Å²) in [5, 5.41) is 4.58. The molecule has 134 valence electrons. The molecule has 3 N–H and O–H groups in total. The predicted molar refractivity (Wildman–Crippen MR) is 113 cm³/mol. The minimum atomic E-state index is 0.601. The highest BCUT2D eigenvalue weighted by Gasteiger charge is 2.17. The third kappa shape index (κ3) is 3.55. The van der Waals surface area contributed by atoms with E-state index in [4.69, 9.17) is 10.7 Å². The van der Waals surface area contributed by atoms with Crippen LogP contribution in [0.5, 0.6) is 0 Å². The van der Waals surface area contributed by atoms with Crippen LogP contribution in [0.15, 0.2) is 53.0 Å². The van der Waals surface area contributed by atoms with Crippen molar-refractivity contribution >= 4 is 38.3 Å². The molecule has 26 heavy (non-hydrogen) atoms. The average Bonchev–Trinajstić information content (AvgIpc) is 2.88. The Labute approximate surface area is 162 Å². The minimum Gasteiger partial charge on any atom is -0.383 e. The molecule has 0 bridgehead atoms. The van der Waals surface area contributed by atoms with E-state index in [0.29, 0.717) is 6.54 Å². The van der Waals surface area contributed by atoms with Crippen molar-refractivity contribution in [1.82, 2.24) is 4.98 Å². The number of hydrogen-bond donors (Lipinski definition) is 2. The lowest BCUT2D eigenvalue weighted by molar-refractivity contribution is 0.756. The molecule has 0 amide bonds. The van der Waals surface area contributed by atoms with Crippen LogP contribution < -0.4 is 16.0 Å². The van der Waals surface area contributed by atoms with Crippen LogP contribution in [0, 0.1) is 0 Å². The highest BCUT2D eigenvalue weighted by atomic mass is 79.9. The van der Waals surface area contributed by atoms with Gasteiger partial charge in [0.1, 0.15) is 5.82 Å². The molecule has 0 spiro atoms. The molecule has 3 aromatic rings. The van der Waals surface area contributed by atoms with E-state index in [2.05, 4.69) is 68.6 Å². The van der Waals surface area contributed by atoms with E-state index in [9.17, 15) is 0 Å². The molecular formula is C21H23BrN4. The molecule has 0 fully saturated rings. The highest BCUT2D eigenvalue weighted by Crippen LogP contribution is 2.31. The van der Waals surface area contributed by atoms with E-state index in [1.807, 2.05) is 6.07 Å². The van der Waals surface area contributed by atoms with Crippen molar-refractivity contribution in [3.05, 3.63) is 64.1 Å². The second-order valence-corrected chi connectivity index (χ2v) is 7.61. The van der Waals surface area contributed by atoms with Gasteiger partial charge in [-0.2, -0.15) is 0 Å². The van der Waals surface area contributed by atoms with Gasteiger partial charge in [0.2, 0.25) is 0 Å². The molecule has 0 saturated carbocycles. The SMILES string of the molecule is NCCNc1cc(N2CCCc3ccccc3C2)nc2ccc(Br)cc12. The number of nitrogens with two attached hydrogens (primary N) is 1. The lowest BCUT2D eigenvalue weighted by Gasteiger charge is -2.24. The summed E-state index contributed by atoms with van der Waals surface area (Å²) >= 11 is 3.57. The largest absolute Gasteiger partial charge is 0.383 e. The molecule has 4 rings (SSSR count). The van der Waals surface area contributed by atoms with Gasteiger partial charge in [-0.15, -0.1) is 0 Å². The van der Waals surface area contributed by atoms with E-state index < -0.39 is 0 Å². The number of nitrogens with one attached hydrogen (secondary N) is 1. The molecule has 0 unspecified atom stereocenters. The second-order valence-electron chi connectivity index (χ2n) is 6.70. The maximum Gasteiger partial charge on any atom is 0.131 e. The topological polar surface area (TPSA) is 54.2 Å². The first kappa shape index (κ1) is 17.3. The van der Waals surface area contributed by atoms with Crippen molar-refractivity contribution in [3.8, 4) is 0 Å². The van der Waals surface area contributed by atoms with Gasteiger partial charge in [-0.1, -0.05) is 40.2 Å². The maximum atomic E-state index is 5.71. The number of benzene rings is 2. The Balaban J connectivity index is 1.75. The molecule has 4 nitrogen and oxygen atoms in total. The standard InChI is InChI=1S/C21H23BrN4/c22-17-7-8-19-18(12-17)20(24-10-9-23)13-21(25-19)26-11-3-6-15-4-1-2-5-16(15)14-26/h1-2,4-5,7-8,12-13H,3,6,9-11,14,23H2,(H,24,25). The third-order valence-corrected chi connectivity index (χ3v) is 5.39. The van der Waals surface area contributed by atoms with E-state index in [1.54, 1.807) is 0 Å². The first-order chi connectivity index (χ1) is 12.7. The quantitative estimate of drug-likeness (QED) is 0.672. The van der Waals surface area contributed by atoms with Crippen molar-refractivity contribution in [3.63, 3.8) is 0 Å². The van der Waals surface area contributed by atoms with E-state index in [0.717, 1.165) is 59.4 Å². The van der Waals surface area contributed by atoms with Gasteiger partial charge in [0, 0.05) is 47.8 Å². The Morgan fingerprint density at radius 1 is 1.12 bits per heavy atom. The number of fused-ring (bicyclic) bond motifs is 2. The summed E-state index contributed by atoms with van der Waals surface area (Å²) in [6.07, 6.45) is 2.27. The van der Waals surface area contributed by atoms with Crippen molar-refractivity contribution < 1.29 is 0 Å². The lowest BCUT2D eigenvalue weighted by Crippen LogP contribution is -2.24. The first-order valence-electron chi connectivity index (χ1n) is 9.10. The van der Waals surface area contributed by atoms with Crippen molar-refractivity contribution in [2.45, 2.75) is 19.4 Å². The molecule has 0 radical (unpaired) electrons. The van der Waals surface area contributed by atoms with Crippen molar-refractivity contribution in [2.75, 3.05) is 29.9 Å². The zero-order chi connectivity index (χ0) is 17.9. The molecular weight excluding hydrogens is 388 g/mol. The average molecular weight is 411 g/mol. The van der Waals surface area contributed by atoms with Gasteiger partial charge in [-0.05, 0) is 42.2 Å². The van der Waals surface area contributed by atoms with Gasteiger partial charge in [0.05, 0.1) is 5.52 Å². The fraction of sp³-hybridized carbons (Fsp3) is 0.286. The predicted octanol–water partition coefficient (Wildman–Crippen LogP) is 4.32. The summed E-state index contributed by atoms with van der Waals surface area (Å²) in [5.41, 5.74) is 10.7. The fourth-order valence-electron chi connectivity index (χ4n) is 3.60. The van der Waals surface area contributed by atoms with E-state index in [1.165, 1.54) is 11.1 Å². The van der Waals surface area contributed by atoms with Crippen LogP contribution in [0.3, 0.4) is 0 Å². The normalized spacial score (nSPS) is 14.2. The number of halogens is 1. The lowest BCUT2D eigenvalue weighted by atomic mass is 10.0. The molecule has 1 aromatic heterocycles. The molecule has 0 aliphatic carbocycles. The summed E-state index contributed by atoms with van der Waals surface area (Å²) in [6.45, 7) is 3.26. The fourth-order valence-corrected chi connectivity index (χ4v) is 3.96. The van der Waals surface area contributed by atoms with Crippen LogP contribution in [-0.2, 0) is 13.0 Å². The number of nitrogens with zero attached hydrogens (tertiary/aromatic N) is 2. The summed E-state index contributed by atoms with van der Waals surface area (Å²) in [5.74, 6) is 1.02. The molecule has 0 saturated heterocycles. The Bertz CT molecular complexity index is 925. The van der Waals surface area contributed by atoms with Gasteiger partial charge in [0.25, 0.3) is 0 Å². The van der Waals surface area contributed by atoms with Gasteiger partial charge < -0.3 is 16.0 Å². The molecule has 5 heteroatoms. The van der Waals surface area contributed by atoms with E-state index >= 15 is 0 Å². The van der Waals surface area contributed by atoms with Gasteiger partial charge in [-0.25, -0.2) is 4.98 Å². The van der Waals surface area contributed by atoms with Crippen LogP contribution in [0.1, 0.15) is 17.5 Å². The Kier molecular flexibility index (Phi) is 5.09. The Morgan fingerprint density at radius 3 is 2.81 bits per heavy atom. The molecule has 2 heterocycles. The molecule has 1 aliphatic heterocycles. The highest BCUT2D eigenvalue weighted by molar-refractivity contribution is 9.10. The smallest absolute Gasteiger partial charge is 0.131 e. The van der Waals surface area contributed by atoms with Crippen LogP contribution in [0.2, 0.25) is 0 Å². The zero-order valence-corrected chi connectivity index (χ0v) is 16.3. The van der Waals surface area contributed by atoms with Crippen molar-refractivity contribution in [2.24, 2.45) is 5.73 Å². The van der Waals surface area contributed by atoms with Crippen LogP contribution >= 0.6 is 15.9 Å².